The highest BCUT2D eigenvalue weighted by Gasteiger charge is 2.23. The highest BCUT2D eigenvalue weighted by molar-refractivity contribution is 7.22. The Morgan fingerprint density at radius 3 is 2.71 bits per heavy atom. The smallest absolute Gasteiger partial charge is 0.250 e. The van der Waals surface area contributed by atoms with Gasteiger partial charge in [0.25, 0.3) is 5.91 Å². The minimum Gasteiger partial charge on any atom is -0.494 e. The molecule has 1 aliphatic rings. The van der Waals surface area contributed by atoms with Gasteiger partial charge in [0.15, 0.2) is 0 Å². The molecule has 1 saturated heterocycles. The number of amides is 1. The van der Waals surface area contributed by atoms with E-state index in [0.29, 0.717) is 47.5 Å². The monoisotopic (exact) mass is 489 g/mol. The Balaban J connectivity index is 1.55. The van der Waals surface area contributed by atoms with Crippen LogP contribution < -0.4 is 20.7 Å². The van der Waals surface area contributed by atoms with Crippen molar-refractivity contribution in [3.05, 3.63) is 65.9 Å². The number of fused-ring (bicyclic) bond motifs is 1. The number of nitrogens with zero attached hydrogens (tertiary/aromatic N) is 3. The van der Waals surface area contributed by atoms with Crippen LogP contribution in [0, 0.1) is 0 Å². The van der Waals surface area contributed by atoms with E-state index in [1.54, 1.807) is 19.4 Å². The van der Waals surface area contributed by atoms with Gasteiger partial charge in [-0.15, -0.1) is 11.3 Å². The lowest BCUT2D eigenvalue weighted by Gasteiger charge is -2.29. The number of nitrogens with one attached hydrogen (secondary N) is 1. The molecular weight excluding hydrogens is 462 g/mol. The number of morpholine rings is 1. The van der Waals surface area contributed by atoms with Crippen LogP contribution in [-0.2, 0) is 11.2 Å². The number of carbonyl (C=O) groups is 1. The summed E-state index contributed by atoms with van der Waals surface area (Å²) < 4.78 is 12.2. The van der Waals surface area contributed by atoms with E-state index in [0.717, 1.165) is 35.4 Å². The number of hydrogen-bond acceptors (Lipinski definition) is 8. The maximum Gasteiger partial charge on any atom is 0.250 e. The zero-order chi connectivity index (χ0) is 24.2. The van der Waals surface area contributed by atoms with Gasteiger partial charge in [0.05, 0.1) is 42.0 Å². The molecule has 180 valence electrons. The molecule has 8 nitrogen and oxygen atoms in total. The molecule has 0 radical (unpaired) electrons. The van der Waals surface area contributed by atoms with Crippen LogP contribution in [0.3, 0.4) is 0 Å². The molecule has 5 rings (SSSR count). The van der Waals surface area contributed by atoms with Crippen molar-refractivity contribution in [2.75, 3.05) is 50.2 Å². The zero-order valence-electron chi connectivity index (χ0n) is 19.5. The number of primary amides is 1. The van der Waals surface area contributed by atoms with E-state index < -0.39 is 5.91 Å². The summed E-state index contributed by atoms with van der Waals surface area (Å²) in [7, 11) is 1.64. The minimum atomic E-state index is -0.511. The summed E-state index contributed by atoms with van der Waals surface area (Å²) in [6, 6.07) is 15.8. The fourth-order valence-corrected chi connectivity index (χ4v) is 5.40. The predicted molar refractivity (Wildman–Crippen MR) is 140 cm³/mol. The van der Waals surface area contributed by atoms with Crippen LogP contribution in [0.1, 0.15) is 15.9 Å². The van der Waals surface area contributed by atoms with Crippen molar-refractivity contribution in [3.8, 4) is 16.5 Å². The van der Waals surface area contributed by atoms with E-state index in [4.69, 9.17) is 20.2 Å². The van der Waals surface area contributed by atoms with E-state index in [9.17, 15) is 4.79 Å². The van der Waals surface area contributed by atoms with E-state index in [1.165, 1.54) is 16.9 Å². The second kappa shape index (κ2) is 10.3. The van der Waals surface area contributed by atoms with Crippen molar-refractivity contribution in [2.45, 2.75) is 6.42 Å². The second-order valence-electron chi connectivity index (χ2n) is 8.19. The number of carbonyl (C=O) groups excluding carboxylic acids is 1. The molecule has 0 unspecified atom stereocenters. The standard InChI is InChI=1S/C26H27N5O3S/c1-33-20-8-7-19(31-13-15-34-16-14-31)24-22(20)30-26(35-24)23-21(18(25(27)32)10-12-29-23)28-11-9-17-5-3-2-4-6-17/h2-8,10,12,28H,9,11,13-16H2,1H3,(H2,27,32). The van der Waals surface area contributed by atoms with E-state index in [1.807, 2.05) is 24.3 Å². The Kier molecular flexibility index (Phi) is 6.78. The van der Waals surface area contributed by atoms with Gasteiger partial charge in [-0.25, -0.2) is 4.98 Å². The molecule has 3 N–H and O–H groups in total. The summed E-state index contributed by atoms with van der Waals surface area (Å²) >= 11 is 1.54. The first kappa shape index (κ1) is 23.1. The first-order chi connectivity index (χ1) is 17.2. The van der Waals surface area contributed by atoms with Gasteiger partial charge in [0.1, 0.15) is 22.0 Å². The quantitative estimate of drug-likeness (QED) is 0.386. The largest absolute Gasteiger partial charge is 0.494 e. The molecule has 0 atom stereocenters. The SMILES string of the molecule is COc1ccc(N2CCOCC2)c2sc(-c3nccc(C(N)=O)c3NCCc3ccccc3)nc12. The first-order valence-corrected chi connectivity index (χ1v) is 12.3. The van der Waals surface area contributed by atoms with Gasteiger partial charge in [-0.1, -0.05) is 30.3 Å². The third-order valence-corrected chi connectivity index (χ3v) is 7.12. The Hall–Kier alpha value is -3.69. The Labute approximate surface area is 207 Å². The van der Waals surface area contributed by atoms with Crippen molar-refractivity contribution in [2.24, 2.45) is 5.73 Å². The molecule has 1 aliphatic heterocycles. The summed E-state index contributed by atoms with van der Waals surface area (Å²) in [4.78, 5) is 24.1. The maximum absolute atomic E-state index is 12.3. The maximum atomic E-state index is 12.3. The average molecular weight is 490 g/mol. The van der Waals surface area contributed by atoms with Gasteiger partial charge in [0, 0.05) is 25.8 Å². The molecule has 35 heavy (non-hydrogen) atoms. The van der Waals surface area contributed by atoms with Crippen molar-refractivity contribution in [1.29, 1.82) is 0 Å². The van der Waals surface area contributed by atoms with Crippen LogP contribution in [0.2, 0.25) is 0 Å². The lowest BCUT2D eigenvalue weighted by molar-refractivity contribution is 0.100. The summed E-state index contributed by atoms with van der Waals surface area (Å²) in [5.41, 5.74) is 10.4. The van der Waals surface area contributed by atoms with Crippen LogP contribution in [0.15, 0.2) is 54.7 Å². The third-order valence-electron chi connectivity index (χ3n) is 6.03. The Morgan fingerprint density at radius 1 is 1.17 bits per heavy atom. The highest BCUT2D eigenvalue weighted by Crippen LogP contribution is 2.42. The van der Waals surface area contributed by atoms with Crippen molar-refractivity contribution < 1.29 is 14.3 Å². The van der Waals surface area contributed by atoms with E-state index >= 15 is 0 Å². The van der Waals surface area contributed by atoms with Crippen molar-refractivity contribution in [3.63, 3.8) is 0 Å². The topological polar surface area (TPSA) is 103 Å². The number of ether oxygens (including phenoxy) is 2. The van der Waals surface area contributed by atoms with E-state index in [2.05, 4.69) is 33.4 Å². The van der Waals surface area contributed by atoms with Crippen LogP contribution in [0.4, 0.5) is 11.4 Å². The summed E-state index contributed by atoms with van der Waals surface area (Å²) in [6.45, 7) is 3.64. The first-order valence-electron chi connectivity index (χ1n) is 11.5. The molecule has 0 bridgehead atoms. The molecule has 1 amide bonds. The Bertz CT molecular complexity index is 1340. The third kappa shape index (κ3) is 4.78. The molecule has 2 aromatic heterocycles. The number of aromatic nitrogens is 2. The number of thiazole rings is 1. The van der Waals surface area contributed by atoms with Crippen LogP contribution >= 0.6 is 11.3 Å². The van der Waals surface area contributed by atoms with Gasteiger partial charge < -0.3 is 25.4 Å². The summed E-state index contributed by atoms with van der Waals surface area (Å²) in [6.07, 6.45) is 2.40. The zero-order valence-corrected chi connectivity index (χ0v) is 20.3. The number of anilines is 2. The van der Waals surface area contributed by atoms with E-state index in [-0.39, 0.29) is 0 Å². The molecule has 4 aromatic rings. The molecular formula is C26H27N5O3S. The van der Waals surface area contributed by atoms with Crippen LogP contribution in [0.25, 0.3) is 20.9 Å². The van der Waals surface area contributed by atoms with Crippen molar-refractivity contribution in [1.82, 2.24) is 9.97 Å². The summed E-state index contributed by atoms with van der Waals surface area (Å²) in [5.74, 6) is 0.188. The number of rotatable bonds is 8. The molecule has 3 heterocycles. The molecule has 0 aliphatic carbocycles. The molecule has 2 aromatic carbocycles. The van der Waals surface area contributed by atoms with Crippen LogP contribution in [0.5, 0.6) is 5.75 Å². The van der Waals surface area contributed by atoms with Gasteiger partial charge in [-0.2, -0.15) is 0 Å². The summed E-state index contributed by atoms with van der Waals surface area (Å²) in [5, 5.41) is 4.10. The minimum absolute atomic E-state index is 0.391. The molecule has 0 spiro atoms. The Morgan fingerprint density at radius 2 is 1.97 bits per heavy atom. The van der Waals surface area contributed by atoms with Crippen LogP contribution in [-0.4, -0.2) is 55.8 Å². The number of nitrogens with two attached hydrogens (primary N) is 1. The highest BCUT2D eigenvalue weighted by atomic mass is 32.1. The van der Waals surface area contributed by atoms with Crippen molar-refractivity contribution >= 4 is 38.8 Å². The fraction of sp³-hybridized carbons (Fsp3) is 0.269. The number of pyridine rings is 1. The van der Waals surface area contributed by atoms with Gasteiger partial charge in [-0.3, -0.25) is 9.78 Å². The molecule has 1 fully saturated rings. The van der Waals surface area contributed by atoms with Gasteiger partial charge in [-0.05, 0) is 30.2 Å². The van der Waals surface area contributed by atoms with Gasteiger partial charge >= 0.3 is 0 Å². The normalized spacial score (nSPS) is 13.7. The van der Waals surface area contributed by atoms with Gasteiger partial charge in [0.2, 0.25) is 0 Å². The second-order valence-corrected chi connectivity index (χ2v) is 9.19. The number of benzene rings is 2. The lowest BCUT2D eigenvalue weighted by atomic mass is 10.1. The lowest BCUT2D eigenvalue weighted by Crippen LogP contribution is -2.36. The molecule has 9 heteroatoms. The molecule has 0 saturated carbocycles. The fourth-order valence-electron chi connectivity index (χ4n) is 4.27. The predicted octanol–water partition coefficient (Wildman–Crippen LogP) is 3.96. The number of hydrogen-bond donors (Lipinski definition) is 2. The number of methoxy groups -OCH3 is 1. The average Bonchev–Trinajstić information content (AvgIpc) is 3.34.